The highest BCUT2D eigenvalue weighted by Gasteiger charge is 2.35. The summed E-state index contributed by atoms with van der Waals surface area (Å²) in [7, 11) is 0. The number of piperidine rings is 1. The molecule has 12 heteroatoms. The summed E-state index contributed by atoms with van der Waals surface area (Å²) in [5.41, 5.74) is 1.04. The fourth-order valence-electron chi connectivity index (χ4n) is 5.16. The molecular formula is C32H38N6O6. The second kappa shape index (κ2) is 12.5. The molecule has 3 heterocycles. The minimum atomic E-state index is -1.18. The van der Waals surface area contributed by atoms with Crippen LogP contribution in [0.1, 0.15) is 50.6 Å². The Morgan fingerprint density at radius 1 is 1.02 bits per heavy atom. The maximum absolute atomic E-state index is 13.4. The van der Waals surface area contributed by atoms with Gasteiger partial charge in [0, 0.05) is 25.3 Å². The van der Waals surface area contributed by atoms with E-state index in [2.05, 4.69) is 15.3 Å². The third-order valence-corrected chi connectivity index (χ3v) is 7.46. The largest absolute Gasteiger partial charge is 0.445 e. The summed E-state index contributed by atoms with van der Waals surface area (Å²) in [5, 5.41) is 14.0. The van der Waals surface area contributed by atoms with Gasteiger partial charge < -0.3 is 24.8 Å². The van der Waals surface area contributed by atoms with E-state index in [4.69, 9.17) is 9.47 Å². The third-order valence-electron chi connectivity index (χ3n) is 7.46. The molecule has 2 aromatic carbocycles. The van der Waals surface area contributed by atoms with Crippen LogP contribution < -0.4 is 10.9 Å². The van der Waals surface area contributed by atoms with E-state index in [-0.39, 0.29) is 24.2 Å². The average molecular weight is 603 g/mol. The highest BCUT2D eigenvalue weighted by atomic mass is 16.6. The topological polar surface area (TPSA) is 141 Å². The number of rotatable bonds is 7. The fourth-order valence-corrected chi connectivity index (χ4v) is 5.16. The minimum Gasteiger partial charge on any atom is -0.445 e. The zero-order valence-corrected chi connectivity index (χ0v) is 25.4. The van der Waals surface area contributed by atoms with Gasteiger partial charge in [-0.05, 0) is 63.8 Å². The van der Waals surface area contributed by atoms with Crippen LogP contribution in [-0.4, -0.2) is 65.6 Å². The molecule has 5 rings (SSSR count). The number of fused-ring (bicyclic) bond motifs is 1. The zero-order chi connectivity index (χ0) is 31.5. The SMILES string of the molecule is Cc1nc2c(=O)n(CC3(O)CCN(C(=O)OCc4ccccc4)CC3)cnc2n1-c1ccc(CNC(=O)OC(C)(C)C)cc1. The van der Waals surface area contributed by atoms with Gasteiger partial charge in [-0.15, -0.1) is 0 Å². The summed E-state index contributed by atoms with van der Waals surface area (Å²) >= 11 is 0. The van der Waals surface area contributed by atoms with E-state index in [0.717, 1.165) is 16.8 Å². The molecule has 2 aromatic heterocycles. The van der Waals surface area contributed by atoms with Crippen molar-refractivity contribution >= 4 is 23.4 Å². The van der Waals surface area contributed by atoms with E-state index in [1.165, 1.54) is 10.9 Å². The lowest BCUT2D eigenvalue weighted by molar-refractivity contribution is -0.0338. The number of aromatic nitrogens is 4. The van der Waals surface area contributed by atoms with Crippen molar-refractivity contribution in [3.63, 3.8) is 0 Å². The van der Waals surface area contributed by atoms with Crippen LogP contribution in [0.5, 0.6) is 0 Å². The third kappa shape index (κ3) is 7.25. The maximum Gasteiger partial charge on any atom is 0.410 e. The number of imidazole rings is 1. The van der Waals surface area contributed by atoms with Gasteiger partial charge in [-0.1, -0.05) is 42.5 Å². The van der Waals surface area contributed by atoms with Gasteiger partial charge in [-0.2, -0.15) is 0 Å². The molecule has 12 nitrogen and oxygen atoms in total. The molecule has 232 valence electrons. The lowest BCUT2D eigenvalue weighted by Gasteiger charge is -2.37. The van der Waals surface area contributed by atoms with Crippen molar-refractivity contribution in [2.75, 3.05) is 13.1 Å². The second-order valence-corrected chi connectivity index (χ2v) is 12.1. The highest BCUT2D eigenvalue weighted by Crippen LogP contribution is 2.25. The number of alkyl carbamates (subject to hydrolysis) is 1. The van der Waals surface area contributed by atoms with Crippen LogP contribution in [0.2, 0.25) is 0 Å². The molecule has 0 aliphatic carbocycles. The molecule has 2 N–H and O–H groups in total. The summed E-state index contributed by atoms with van der Waals surface area (Å²) in [5.74, 6) is 0.586. The summed E-state index contributed by atoms with van der Waals surface area (Å²) < 4.78 is 13.9. The number of aliphatic hydroxyl groups is 1. The van der Waals surface area contributed by atoms with Crippen molar-refractivity contribution in [3.05, 3.63) is 88.2 Å². The van der Waals surface area contributed by atoms with Crippen molar-refractivity contribution in [2.24, 2.45) is 0 Å². The van der Waals surface area contributed by atoms with Crippen molar-refractivity contribution in [1.82, 2.24) is 29.3 Å². The number of aryl methyl sites for hydroxylation is 1. The van der Waals surface area contributed by atoms with Gasteiger partial charge in [-0.25, -0.2) is 19.6 Å². The lowest BCUT2D eigenvalue weighted by Crippen LogP contribution is -2.49. The monoisotopic (exact) mass is 602 g/mol. The summed E-state index contributed by atoms with van der Waals surface area (Å²) in [4.78, 5) is 48.6. The molecule has 1 fully saturated rings. The molecular weight excluding hydrogens is 564 g/mol. The maximum atomic E-state index is 13.4. The highest BCUT2D eigenvalue weighted by molar-refractivity contribution is 5.73. The normalized spacial score (nSPS) is 14.8. The Kier molecular flexibility index (Phi) is 8.73. The van der Waals surface area contributed by atoms with E-state index in [9.17, 15) is 19.5 Å². The zero-order valence-electron chi connectivity index (χ0n) is 25.4. The number of carbonyl (C=O) groups is 2. The van der Waals surface area contributed by atoms with Crippen molar-refractivity contribution in [1.29, 1.82) is 0 Å². The minimum absolute atomic E-state index is 0.0347. The van der Waals surface area contributed by atoms with E-state index in [1.54, 1.807) is 37.2 Å². The average Bonchev–Trinajstić information content (AvgIpc) is 3.33. The van der Waals surface area contributed by atoms with Crippen LogP contribution in [0.25, 0.3) is 16.9 Å². The van der Waals surface area contributed by atoms with Gasteiger partial charge in [0.25, 0.3) is 5.56 Å². The van der Waals surface area contributed by atoms with Gasteiger partial charge >= 0.3 is 12.2 Å². The Morgan fingerprint density at radius 2 is 1.70 bits per heavy atom. The van der Waals surface area contributed by atoms with Crippen LogP contribution in [0.15, 0.2) is 65.7 Å². The number of amides is 2. The fraction of sp³-hybridized carbons (Fsp3) is 0.406. The molecule has 1 saturated heterocycles. The van der Waals surface area contributed by atoms with Crippen LogP contribution in [0, 0.1) is 6.92 Å². The van der Waals surface area contributed by atoms with Crippen LogP contribution >= 0.6 is 0 Å². The van der Waals surface area contributed by atoms with E-state index in [0.29, 0.717) is 43.9 Å². The van der Waals surface area contributed by atoms with Crippen LogP contribution in [0.3, 0.4) is 0 Å². The van der Waals surface area contributed by atoms with Crippen LogP contribution in [0.4, 0.5) is 9.59 Å². The Morgan fingerprint density at radius 3 is 2.36 bits per heavy atom. The number of nitrogens with zero attached hydrogens (tertiary/aromatic N) is 5. The Labute approximate surface area is 255 Å². The summed E-state index contributed by atoms with van der Waals surface area (Å²) in [6, 6.07) is 16.9. The molecule has 0 atom stereocenters. The predicted molar refractivity (Wildman–Crippen MR) is 163 cm³/mol. The van der Waals surface area contributed by atoms with Gasteiger partial charge in [-0.3, -0.25) is 13.9 Å². The van der Waals surface area contributed by atoms with Crippen molar-refractivity contribution < 1.29 is 24.2 Å². The van der Waals surface area contributed by atoms with E-state index >= 15 is 0 Å². The lowest BCUT2D eigenvalue weighted by atomic mass is 9.91. The molecule has 2 amide bonds. The standard InChI is InChI=1S/C32H38N6O6/c1-22-35-26-27(38(22)25-12-10-23(11-13-25)18-33-29(40)44-31(2,3)4)34-21-37(28(26)39)20-32(42)14-16-36(17-15-32)30(41)43-19-24-8-6-5-7-9-24/h5-13,21,42H,14-20H2,1-4H3,(H,33,40). The van der Waals surface area contributed by atoms with Gasteiger partial charge in [0.15, 0.2) is 11.2 Å². The Hall–Kier alpha value is -4.71. The molecule has 4 aromatic rings. The predicted octanol–water partition coefficient (Wildman–Crippen LogP) is 4.08. The molecule has 1 aliphatic rings. The molecule has 0 unspecified atom stereocenters. The number of ether oxygens (including phenoxy) is 2. The first kappa shape index (κ1) is 30.7. The molecule has 0 bridgehead atoms. The number of hydrogen-bond donors (Lipinski definition) is 2. The number of benzene rings is 2. The van der Waals surface area contributed by atoms with E-state index in [1.807, 2.05) is 54.6 Å². The Bertz CT molecular complexity index is 1680. The number of carbonyl (C=O) groups excluding carboxylic acids is 2. The molecule has 1 aliphatic heterocycles. The number of hydrogen-bond acceptors (Lipinski definition) is 8. The smallest absolute Gasteiger partial charge is 0.410 e. The molecule has 0 radical (unpaired) electrons. The molecule has 0 saturated carbocycles. The Balaban J connectivity index is 1.22. The first-order chi connectivity index (χ1) is 20.9. The van der Waals surface area contributed by atoms with E-state index < -0.39 is 23.4 Å². The summed E-state index contributed by atoms with van der Waals surface area (Å²) in [6.07, 6.45) is 1.10. The quantitative estimate of drug-likeness (QED) is 0.323. The first-order valence-corrected chi connectivity index (χ1v) is 14.6. The van der Waals surface area contributed by atoms with Gasteiger partial charge in [0.1, 0.15) is 24.4 Å². The second-order valence-electron chi connectivity index (χ2n) is 12.1. The van der Waals surface area contributed by atoms with Crippen LogP contribution in [-0.2, 0) is 29.2 Å². The van der Waals surface area contributed by atoms with Gasteiger partial charge in [0.2, 0.25) is 0 Å². The first-order valence-electron chi connectivity index (χ1n) is 14.6. The number of likely N-dealkylation sites (tertiary alicyclic amines) is 1. The number of nitrogens with one attached hydrogen (secondary N) is 1. The van der Waals surface area contributed by atoms with Crippen molar-refractivity contribution in [2.45, 2.75) is 71.4 Å². The molecule has 44 heavy (non-hydrogen) atoms. The van der Waals surface area contributed by atoms with Crippen molar-refractivity contribution in [3.8, 4) is 5.69 Å². The molecule has 0 spiro atoms. The summed E-state index contributed by atoms with van der Waals surface area (Å²) in [6.45, 7) is 8.36. The van der Waals surface area contributed by atoms with Gasteiger partial charge in [0.05, 0.1) is 12.1 Å².